The van der Waals surface area contributed by atoms with Gasteiger partial charge >= 0.3 is 5.97 Å². The Bertz CT molecular complexity index is 596. The highest BCUT2D eigenvalue weighted by Crippen LogP contribution is 2.30. The highest BCUT2D eigenvalue weighted by Gasteiger charge is 2.20. The zero-order valence-electron chi connectivity index (χ0n) is 9.51. The van der Waals surface area contributed by atoms with E-state index < -0.39 is 5.97 Å². The van der Waals surface area contributed by atoms with Gasteiger partial charge in [-0.1, -0.05) is 0 Å². The molecule has 1 aliphatic rings. The Hall–Kier alpha value is -1.82. The van der Waals surface area contributed by atoms with E-state index in [1.165, 1.54) is 11.8 Å². The fraction of sp³-hybridized carbons (Fsp3) is 0.250. The van der Waals surface area contributed by atoms with Crippen LogP contribution in [0, 0.1) is 0 Å². The summed E-state index contributed by atoms with van der Waals surface area (Å²) in [5.41, 5.74) is 2.35. The summed E-state index contributed by atoms with van der Waals surface area (Å²) in [6.45, 7) is 0. The molecule has 5 nitrogen and oxygen atoms in total. The van der Waals surface area contributed by atoms with Gasteiger partial charge in [0.2, 0.25) is 0 Å². The van der Waals surface area contributed by atoms with E-state index in [4.69, 9.17) is 0 Å². The highest BCUT2D eigenvalue weighted by atomic mass is 32.2. The van der Waals surface area contributed by atoms with Crippen LogP contribution in [0.2, 0.25) is 0 Å². The fourth-order valence-corrected chi connectivity index (χ4v) is 2.92. The van der Waals surface area contributed by atoms with Gasteiger partial charge < -0.3 is 10.1 Å². The van der Waals surface area contributed by atoms with E-state index >= 15 is 0 Å². The van der Waals surface area contributed by atoms with Crippen LogP contribution in [0.25, 0.3) is 0 Å². The van der Waals surface area contributed by atoms with Gasteiger partial charge in [-0.05, 0) is 42.7 Å². The SMILES string of the molecule is O=C(O)c1cc2c(nc1Sc1ncc[nH]1)CCC2. The van der Waals surface area contributed by atoms with E-state index in [-0.39, 0.29) is 5.56 Å². The lowest BCUT2D eigenvalue weighted by Gasteiger charge is -2.06. The molecule has 0 spiro atoms. The van der Waals surface area contributed by atoms with Gasteiger partial charge in [0.05, 0.1) is 5.56 Å². The van der Waals surface area contributed by atoms with Gasteiger partial charge in [0.15, 0.2) is 5.16 Å². The van der Waals surface area contributed by atoms with Crippen molar-refractivity contribution < 1.29 is 9.90 Å². The maximum Gasteiger partial charge on any atom is 0.338 e. The van der Waals surface area contributed by atoms with E-state index in [1.54, 1.807) is 18.5 Å². The van der Waals surface area contributed by atoms with Gasteiger partial charge in [-0.25, -0.2) is 14.8 Å². The average molecular weight is 261 g/mol. The number of aromatic nitrogens is 3. The molecule has 0 unspecified atom stereocenters. The maximum atomic E-state index is 11.3. The molecule has 0 bridgehead atoms. The second-order valence-corrected chi connectivity index (χ2v) is 5.08. The number of H-pyrrole nitrogens is 1. The molecule has 0 saturated heterocycles. The molecule has 18 heavy (non-hydrogen) atoms. The minimum atomic E-state index is -0.939. The molecule has 2 N–H and O–H groups in total. The molecule has 0 amide bonds. The number of nitrogens with one attached hydrogen (secondary N) is 1. The van der Waals surface area contributed by atoms with Crippen LogP contribution in [0.4, 0.5) is 0 Å². The van der Waals surface area contributed by atoms with Crippen molar-refractivity contribution in [3.05, 3.63) is 35.3 Å². The van der Waals surface area contributed by atoms with Gasteiger partial charge in [-0.15, -0.1) is 0 Å². The maximum absolute atomic E-state index is 11.3. The number of nitrogens with zero attached hydrogens (tertiary/aromatic N) is 2. The molecule has 1 aliphatic carbocycles. The molecule has 92 valence electrons. The molecule has 0 saturated carbocycles. The van der Waals surface area contributed by atoms with Gasteiger partial charge in [-0.2, -0.15) is 0 Å². The van der Waals surface area contributed by atoms with Crippen molar-refractivity contribution >= 4 is 17.7 Å². The number of hydrogen-bond acceptors (Lipinski definition) is 4. The number of hydrogen-bond donors (Lipinski definition) is 2. The first-order chi connectivity index (χ1) is 8.74. The van der Waals surface area contributed by atoms with Crippen LogP contribution in [-0.4, -0.2) is 26.0 Å². The summed E-state index contributed by atoms with van der Waals surface area (Å²) in [6, 6.07) is 1.75. The molecular weight excluding hydrogens is 250 g/mol. The number of aromatic carboxylic acids is 1. The average Bonchev–Trinajstić information content (AvgIpc) is 2.97. The molecular formula is C12H11N3O2S. The zero-order chi connectivity index (χ0) is 12.5. The van der Waals surface area contributed by atoms with Crippen molar-refractivity contribution in [1.29, 1.82) is 0 Å². The molecule has 3 rings (SSSR count). The Morgan fingerprint density at radius 3 is 3.06 bits per heavy atom. The monoisotopic (exact) mass is 261 g/mol. The van der Waals surface area contributed by atoms with E-state index in [9.17, 15) is 9.90 Å². The molecule has 0 aromatic carbocycles. The van der Waals surface area contributed by atoms with Crippen LogP contribution in [0.1, 0.15) is 28.0 Å². The van der Waals surface area contributed by atoms with Gasteiger partial charge in [0.1, 0.15) is 5.03 Å². The van der Waals surface area contributed by atoms with E-state index in [2.05, 4.69) is 15.0 Å². The zero-order valence-corrected chi connectivity index (χ0v) is 10.3. The Morgan fingerprint density at radius 1 is 1.44 bits per heavy atom. The first kappa shape index (κ1) is 11.3. The summed E-state index contributed by atoms with van der Waals surface area (Å²) in [5.74, 6) is -0.939. The van der Waals surface area contributed by atoms with Crippen LogP contribution in [0.3, 0.4) is 0 Å². The van der Waals surface area contributed by atoms with Gasteiger partial charge in [0, 0.05) is 18.1 Å². The number of fused-ring (bicyclic) bond motifs is 1. The summed E-state index contributed by atoms with van der Waals surface area (Å²) >= 11 is 1.26. The number of imidazole rings is 1. The first-order valence-corrected chi connectivity index (χ1v) is 6.49. The minimum Gasteiger partial charge on any atom is -0.478 e. The Kier molecular flexibility index (Phi) is 2.79. The molecule has 2 heterocycles. The number of carboxylic acids is 1. The Morgan fingerprint density at radius 2 is 2.33 bits per heavy atom. The fourth-order valence-electron chi connectivity index (χ4n) is 2.08. The van der Waals surface area contributed by atoms with Crippen LogP contribution in [0.5, 0.6) is 0 Å². The van der Waals surface area contributed by atoms with Crippen LogP contribution < -0.4 is 0 Å². The van der Waals surface area contributed by atoms with E-state index in [1.807, 2.05) is 0 Å². The smallest absolute Gasteiger partial charge is 0.338 e. The second-order valence-electron chi connectivity index (χ2n) is 4.10. The molecule has 0 atom stereocenters. The van der Waals surface area contributed by atoms with E-state index in [0.717, 1.165) is 30.5 Å². The number of pyridine rings is 1. The highest BCUT2D eigenvalue weighted by molar-refractivity contribution is 7.99. The lowest BCUT2D eigenvalue weighted by Crippen LogP contribution is -2.04. The summed E-state index contributed by atoms with van der Waals surface area (Å²) in [5, 5.41) is 10.4. The Balaban J connectivity index is 2.03. The molecule has 0 aliphatic heterocycles. The third-order valence-corrected chi connectivity index (χ3v) is 3.83. The number of carboxylic acid groups (broad SMARTS) is 1. The topological polar surface area (TPSA) is 78.9 Å². The van der Waals surface area contributed by atoms with Crippen molar-refractivity contribution in [2.24, 2.45) is 0 Å². The molecule has 2 aromatic heterocycles. The summed E-state index contributed by atoms with van der Waals surface area (Å²) < 4.78 is 0. The predicted octanol–water partition coefficient (Wildman–Crippen LogP) is 2.14. The minimum absolute atomic E-state index is 0.261. The number of aromatic amines is 1. The van der Waals surface area contributed by atoms with E-state index in [0.29, 0.717) is 10.2 Å². The van der Waals surface area contributed by atoms with Crippen molar-refractivity contribution in [3.63, 3.8) is 0 Å². The largest absolute Gasteiger partial charge is 0.478 e. The second kappa shape index (κ2) is 4.45. The molecule has 0 fully saturated rings. The number of carbonyl (C=O) groups is 1. The summed E-state index contributed by atoms with van der Waals surface area (Å²) in [6.07, 6.45) is 6.25. The quantitative estimate of drug-likeness (QED) is 0.885. The number of rotatable bonds is 3. The lowest BCUT2D eigenvalue weighted by atomic mass is 10.1. The van der Waals surface area contributed by atoms with Crippen LogP contribution in [0.15, 0.2) is 28.6 Å². The normalized spacial score (nSPS) is 13.6. The molecule has 6 heteroatoms. The van der Waals surface area contributed by atoms with Gasteiger partial charge in [0.25, 0.3) is 0 Å². The predicted molar refractivity (Wildman–Crippen MR) is 65.9 cm³/mol. The summed E-state index contributed by atoms with van der Waals surface area (Å²) in [4.78, 5) is 22.8. The Labute approximate surface area is 108 Å². The van der Waals surface area contributed by atoms with Crippen molar-refractivity contribution in [2.75, 3.05) is 0 Å². The lowest BCUT2D eigenvalue weighted by molar-refractivity contribution is 0.0692. The standard InChI is InChI=1S/C12H11N3O2S/c16-11(17)8-6-7-2-1-3-9(7)15-10(8)18-12-13-4-5-14-12/h4-6H,1-3H2,(H,13,14)(H,16,17). The third-order valence-electron chi connectivity index (χ3n) is 2.91. The number of aryl methyl sites for hydroxylation is 2. The molecule has 2 aromatic rings. The van der Waals surface area contributed by atoms with Crippen molar-refractivity contribution in [1.82, 2.24) is 15.0 Å². The van der Waals surface area contributed by atoms with Crippen molar-refractivity contribution in [2.45, 2.75) is 29.4 Å². The summed E-state index contributed by atoms with van der Waals surface area (Å²) in [7, 11) is 0. The van der Waals surface area contributed by atoms with Crippen molar-refractivity contribution in [3.8, 4) is 0 Å². The van der Waals surface area contributed by atoms with Crippen LogP contribution >= 0.6 is 11.8 Å². The third kappa shape index (κ3) is 1.99. The molecule has 0 radical (unpaired) electrons. The first-order valence-electron chi connectivity index (χ1n) is 5.67. The van der Waals surface area contributed by atoms with Gasteiger partial charge in [-0.3, -0.25) is 0 Å². The van der Waals surface area contributed by atoms with Crippen LogP contribution in [-0.2, 0) is 12.8 Å².